The van der Waals surface area contributed by atoms with Gasteiger partial charge in [-0.3, -0.25) is 14.9 Å². The lowest BCUT2D eigenvalue weighted by Crippen LogP contribution is -2.46. The van der Waals surface area contributed by atoms with Crippen molar-refractivity contribution >= 4 is 27.2 Å². The van der Waals surface area contributed by atoms with Gasteiger partial charge in [0.15, 0.2) is 15.5 Å². The molecule has 2 saturated heterocycles. The van der Waals surface area contributed by atoms with E-state index in [1.807, 2.05) is 47.4 Å². The molecule has 6 heterocycles. The van der Waals surface area contributed by atoms with E-state index < -0.39 is 9.84 Å². The molecule has 2 fully saturated rings. The summed E-state index contributed by atoms with van der Waals surface area (Å²) in [7, 11) is -3.75. The van der Waals surface area contributed by atoms with Crippen LogP contribution in [0.25, 0.3) is 28.0 Å². The van der Waals surface area contributed by atoms with Crippen LogP contribution in [0.1, 0.15) is 53.5 Å². The molecule has 2 aliphatic rings. The first-order valence-electron chi connectivity index (χ1n) is 14.2. The number of fused-ring (bicyclic) bond motifs is 3. The fourth-order valence-corrected chi connectivity index (χ4v) is 7.72. The van der Waals surface area contributed by atoms with Crippen LogP contribution in [0.4, 0.5) is 5.82 Å². The number of H-pyrrole nitrogens is 1. The largest absolute Gasteiger partial charge is 0.382 e. The standard InChI is InChI=1S/C30H31N9O3S/c1-43(41,42)27-26(19-11-21-8-9-22(12-19)38(21)30(40)25-13-20(14-31)36-37-25)35-29-23(16-34-39(29)28(27)32)18-7-10-24(33-15-18)17-5-3-2-4-6-17/h2-7,10,13,15-16,19,21-22H,8-9,11-12,14,31-32H2,1H3,(H,36,37)/t19-,21+,22-. The number of nitrogens with two attached hydrogens (primary N) is 2. The molecule has 43 heavy (non-hydrogen) atoms. The quantitative estimate of drug-likeness (QED) is 0.265. The van der Waals surface area contributed by atoms with E-state index in [-0.39, 0.29) is 41.2 Å². The number of amides is 1. The minimum atomic E-state index is -3.75. The van der Waals surface area contributed by atoms with Gasteiger partial charge in [-0.2, -0.15) is 14.7 Å². The molecule has 5 aromatic rings. The van der Waals surface area contributed by atoms with Crippen molar-refractivity contribution in [3.05, 3.63) is 78.0 Å². The highest BCUT2D eigenvalue weighted by Crippen LogP contribution is 2.45. The SMILES string of the molecule is CS(=O)(=O)c1c([C@H]2C[C@H]3CC[C@@H](C2)N3C(=O)c2cc(CN)n[nH]2)nc2c(-c3ccc(-c4ccccc4)nc3)cnn2c1N. The number of pyridine rings is 1. The van der Waals surface area contributed by atoms with Gasteiger partial charge in [0.1, 0.15) is 16.4 Å². The number of aromatic nitrogens is 6. The summed E-state index contributed by atoms with van der Waals surface area (Å²) in [5, 5.41) is 11.3. The number of carbonyl (C=O) groups is 1. The molecule has 4 aromatic heterocycles. The third kappa shape index (κ3) is 4.64. The fraction of sp³-hybridized carbons (Fsp3) is 0.300. The molecule has 3 atom stereocenters. The number of sulfone groups is 1. The fourth-order valence-electron chi connectivity index (χ4n) is 6.66. The topological polar surface area (TPSA) is 178 Å². The molecule has 2 aliphatic heterocycles. The molecule has 2 bridgehead atoms. The van der Waals surface area contributed by atoms with Crippen LogP contribution in [0.2, 0.25) is 0 Å². The Morgan fingerprint density at radius 2 is 1.79 bits per heavy atom. The predicted octanol–water partition coefficient (Wildman–Crippen LogP) is 3.18. The summed E-state index contributed by atoms with van der Waals surface area (Å²) >= 11 is 0. The molecule has 0 aliphatic carbocycles. The Morgan fingerprint density at radius 3 is 2.42 bits per heavy atom. The summed E-state index contributed by atoms with van der Waals surface area (Å²) in [6.45, 7) is 0.242. The highest BCUT2D eigenvalue weighted by atomic mass is 32.2. The number of benzene rings is 1. The first kappa shape index (κ1) is 27.2. The van der Waals surface area contributed by atoms with E-state index in [4.69, 9.17) is 16.5 Å². The number of hydrogen-bond donors (Lipinski definition) is 3. The van der Waals surface area contributed by atoms with Crippen LogP contribution in [0.3, 0.4) is 0 Å². The summed E-state index contributed by atoms with van der Waals surface area (Å²) in [6.07, 6.45) is 7.34. The minimum Gasteiger partial charge on any atom is -0.382 e. The predicted molar refractivity (Wildman–Crippen MR) is 161 cm³/mol. The van der Waals surface area contributed by atoms with Gasteiger partial charge in [0, 0.05) is 53.7 Å². The van der Waals surface area contributed by atoms with E-state index in [2.05, 4.69) is 20.3 Å². The molecule has 1 amide bonds. The van der Waals surface area contributed by atoms with Gasteiger partial charge in [0.05, 0.1) is 23.3 Å². The van der Waals surface area contributed by atoms with Crippen molar-refractivity contribution in [3.63, 3.8) is 0 Å². The van der Waals surface area contributed by atoms with Gasteiger partial charge in [0.25, 0.3) is 5.91 Å². The Morgan fingerprint density at radius 1 is 1.05 bits per heavy atom. The molecule has 12 nitrogen and oxygen atoms in total. The lowest BCUT2D eigenvalue weighted by molar-refractivity contribution is 0.0562. The van der Waals surface area contributed by atoms with Crippen molar-refractivity contribution < 1.29 is 13.2 Å². The first-order valence-corrected chi connectivity index (χ1v) is 16.1. The molecule has 1 aromatic carbocycles. The van der Waals surface area contributed by atoms with E-state index in [9.17, 15) is 13.2 Å². The Kier molecular flexibility index (Phi) is 6.51. The molecule has 0 radical (unpaired) electrons. The number of aromatic amines is 1. The maximum absolute atomic E-state index is 13.4. The van der Waals surface area contributed by atoms with Gasteiger partial charge in [-0.1, -0.05) is 36.4 Å². The van der Waals surface area contributed by atoms with Crippen molar-refractivity contribution in [1.29, 1.82) is 0 Å². The highest BCUT2D eigenvalue weighted by molar-refractivity contribution is 7.91. The summed E-state index contributed by atoms with van der Waals surface area (Å²) in [5.41, 5.74) is 17.5. The smallest absolute Gasteiger partial charge is 0.272 e. The zero-order chi connectivity index (χ0) is 29.9. The first-order chi connectivity index (χ1) is 20.7. The molecule has 7 rings (SSSR count). The molecule has 0 unspecified atom stereocenters. The maximum atomic E-state index is 13.4. The van der Waals surface area contributed by atoms with Crippen LogP contribution in [-0.2, 0) is 16.4 Å². The summed E-state index contributed by atoms with van der Waals surface area (Å²) < 4.78 is 27.6. The summed E-state index contributed by atoms with van der Waals surface area (Å²) in [4.78, 5) is 25.0. The molecule has 220 valence electrons. The van der Waals surface area contributed by atoms with E-state index in [0.717, 1.165) is 35.9 Å². The van der Waals surface area contributed by atoms with Crippen molar-refractivity contribution in [3.8, 4) is 22.4 Å². The van der Waals surface area contributed by atoms with Crippen LogP contribution in [0.5, 0.6) is 0 Å². The van der Waals surface area contributed by atoms with Crippen molar-refractivity contribution in [1.82, 2.24) is 34.7 Å². The number of rotatable bonds is 6. The number of nitrogen functional groups attached to an aromatic ring is 1. The van der Waals surface area contributed by atoms with Gasteiger partial charge in [-0.05, 0) is 37.8 Å². The monoisotopic (exact) mass is 597 g/mol. The number of nitrogens with zero attached hydrogens (tertiary/aromatic N) is 6. The van der Waals surface area contributed by atoms with Crippen LogP contribution in [0.15, 0.2) is 65.8 Å². The average molecular weight is 598 g/mol. The zero-order valence-corrected chi connectivity index (χ0v) is 24.3. The molecule has 0 spiro atoms. The third-order valence-electron chi connectivity index (χ3n) is 8.60. The highest BCUT2D eigenvalue weighted by Gasteiger charge is 2.46. The third-order valence-corrected chi connectivity index (χ3v) is 9.76. The second-order valence-corrected chi connectivity index (χ2v) is 13.3. The van der Waals surface area contributed by atoms with Crippen molar-refractivity contribution in [2.75, 3.05) is 12.0 Å². The van der Waals surface area contributed by atoms with Crippen molar-refractivity contribution in [2.45, 2.75) is 55.1 Å². The van der Waals surface area contributed by atoms with Gasteiger partial charge < -0.3 is 16.4 Å². The Bertz CT molecular complexity index is 1940. The molecular weight excluding hydrogens is 566 g/mol. The second kappa shape index (κ2) is 10.3. The van der Waals surface area contributed by atoms with E-state index >= 15 is 0 Å². The van der Waals surface area contributed by atoms with Gasteiger partial charge in [-0.15, -0.1) is 0 Å². The number of piperidine rings is 1. The minimum absolute atomic E-state index is 0.00228. The average Bonchev–Trinajstić information content (AvgIpc) is 3.73. The van der Waals surface area contributed by atoms with Crippen molar-refractivity contribution in [2.24, 2.45) is 5.73 Å². The number of hydrogen-bond acceptors (Lipinski definition) is 9. The lowest BCUT2D eigenvalue weighted by Gasteiger charge is -2.39. The Balaban J connectivity index is 1.26. The van der Waals surface area contributed by atoms with E-state index in [0.29, 0.717) is 41.1 Å². The van der Waals surface area contributed by atoms with Gasteiger partial charge in [-0.25, -0.2) is 13.4 Å². The molecule has 0 saturated carbocycles. The van der Waals surface area contributed by atoms with E-state index in [1.165, 1.54) is 4.52 Å². The summed E-state index contributed by atoms with van der Waals surface area (Å²) in [5.74, 6) is -0.296. The second-order valence-electron chi connectivity index (χ2n) is 11.3. The zero-order valence-electron chi connectivity index (χ0n) is 23.5. The number of anilines is 1. The Labute approximate surface area is 248 Å². The van der Waals surface area contributed by atoms with Crippen LogP contribution in [-0.4, -0.2) is 67.3 Å². The number of nitrogens with one attached hydrogen (secondary N) is 1. The lowest BCUT2D eigenvalue weighted by atomic mass is 9.87. The summed E-state index contributed by atoms with van der Waals surface area (Å²) in [6, 6.07) is 15.3. The Hall–Kier alpha value is -4.62. The van der Waals surface area contributed by atoms with Crippen LogP contribution in [0, 0.1) is 0 Å². The van der Waals surface area contributed by atoms with Crippen LogP contribution >= 0.6 is 0 Å². The normalized spacial score (nSPS) is 20.1. The molecule has 5 N–H and O–H groups in total. The molecular formula is C30H31N9O3S. The van der Waals surface area contributed by atoms with Crippen LogP contribution < -0.4 is 11.5 Å². The van der Waals surface area contributed by atoms with E-state index in [1.54, 1.807) is 18.5 Å². The van der Waals surface area contributed by atoms with Gasteiger partial charge in [0.2, 0.25) is 0 Å². The number of carbonyl (C=O) groups excluding carboxylic acids is 1. The van der Waals surface area contributed by atoms with Gasteiger partial charge >= 0.3 is 0 Å². The maximum Gasteiger partial charge on any atom is 0.272 e. The molecule has 13 heteroatoms.